The summed E-state index contributed by atoms with van der Waals surface area (Å²) in [6.45, 7) is 0.963. The molecule has 1 amide bonds. The topological polar surface area (TPSA) is 101 Å². The van der Waals surface area contributed by atoms with E-state index in [1.165, 1.54) is 16.4 Å². The van der Waals surface area contributed by atoms with Crippen LogP contribution in [0.1, 0.15) is 29.6 Å². The van der Waals surface area contributed by atoms with E-state index in [2.05, 4.69) is 0 Å². The summed E-state index contributed by atoms with van der Waals surface area (Å²) in [6.07, 6.45) is 2.69. The first-order valence-corrected chi connectivity index (χ1v) is 7.50. The molecule has 1 aliphatic rings. The molecule has 0 aliphatic carbocycles. The van der Waals surface area contributed by atoms with Crippen LogP contribution in [0, 0.1) is 0 Å². The molecule has 19 heavy (non-hydrogen) atoms. The maximum Gasteiger partial charge on any atom is 0.252 e. The van der Waals surface area contributed by atoms with E-state index in [0.717, 1.165) is 25.3 Å². The van der Waals surface area contributed by atoms with Crippen LogP contribution in [0.4, 0.5) is 0 Å². The average molecular weight is 284 g/mol. The number of benzene rings is 1. The smallest absolute Gasteiger partial charge is 0.252 e. The highest BCUT2D eigenvalue weighted by molar-refractivity contribution is 7.89. The lowest BCUT2D eigenvalue weighted by Gasteiger charge is -2.26. The highest BCUT2D eigenvalue weighted by Crippen LogP contribution is 2.25. The molecule has 0 radical (unpaired) electrons. The molecule has 0 spiro atoms. The van der Waals surface area contributed by atoms with Gasteiger partial charge in [0.15, 0.2) is 0 Å². The van der Waals surface area contributed by atoms with Crippen molar-refractivity contribution >= 4 is 15.9 Å². The van der Waals surface area contributed by atoms with Crippen molar-refractivity contribution in [3.8, 4) is 5.75 Å². The van der Waals surface area contributed by atoms with E-state index in [1.807, 2.05) is 0 Å². The number of carbonyl (C=O) groups is 1. The van der Waals surface area contributed by atoms with Gasteiger partial charge in [-0.2, -0.15) is 4.31 Å². The summed E-state index contributed by atoms with van der Waals surface area (Å²) < 4.78 is 26.1. The number of sulfonamides is 1. The molecule has 2 rings (SSSR count). The summed E-state index contributed by atoms with van der Waals surface area (Å²) >= 11 is 0. The summed E-state index contributed by atoms with van der Waals surface area (Å²) in [7, 11) is -3.62. The van der Waals surface area contributed by atoms with Gasteiger partial charge in [-0.05, 0) is 31.0 Å². The van der Waals surface area contributed by atoms with Gasteiger partial charge in [0.1, 0.15) is 5.75 Å². The number of nitrogens with two attached hydrogens (primary N) is 1. The quantitative estimate of drug-likeness (QED) is 0.851. The molecule has 1 saturated heterocycles. The van der Waals surface area contributed by atoms with E-state index in [4.69, 9.17) is 5.73 Å². The Morgan fingerprint density at radius 1 is 1.21 bits per heavy atom. The standard InChI is InChI=1S/C12H16N2O4S/c13-12(16)10-8-9(4-5-11(10)15)19(17,18)14-6-2-1-3-7-14/h4-5,8,15H,1-3,6-7H2,(H2,13,16). The van der Waals surface area contributed by atoms with Gasteiger partial charge in [-0.1, -0.05) is 6.42 Å². The highest BCUT2D eigenvalue weighted by Gasteiger charge is 2.27. The summed E-state index contributed by atoms with van der Waals surface area (Å²) in [5.41, 5.74) is 4.92. The van der Waals surface area contributed by atoms with Crippen LogP contribution in [0.15, 0.2) is 23.1 Å². The number of nitrogens with zero attached hydrogens (tertiary/aromatic N) is 1. The summed E-state index contributed by atoms with van der Waals surface area (Å²) in [4.78, 5) is 11.1. The Labute approximate surface area is 111 Å². The van der Waals surface area contributed by atoms with Gasteiger partial charge in [0.25, 0.3) is 5.91 Å². The van der Waals surface area contributed by atoms with Crippen molar-refractivity contribution in [3.63, 3.8) is 0 Å². The Hall–Kier alpha value is -1.60. The Morgan fingerprint density at radius 2 is 1.84 bits per heavy atom. The molecule has 1 aliphatic heterocycles. The lowest BCUT2D eigenvalue weighted by molar-refractivity contribution is 0.0997. The molecule has 0 unspecified atom stereocenters. The third-order valence-corrected chi connectivity index (χ3v) is 5.08. The molecule has 0 aromatic heterocycles. The molecule has 1 aromatic rings. The Kier molecular flexibility index (Phi) is 3.77. The first-order valence-electron chi connectivity index (χ1n) is 6.06. The number of rotatable bonds is 3. The molecule has 0 saturated carbocycles. The molecule has 1 heterocycles. The van der Waals surface area contributed by atoms with Gasteiger partial charge in [-0.15, -0.1) is 0 Å². The Morgan fingerprint density at radius 3 is 2.42 bits per heavy atom. The molecule has 0 bridgehead atoms. The van der Waals surface area contributed by atoms with E-state index in [0.29, 0.717) is 13.1 Å². The fraction of sp³-hybridized carbons (Fsp3) is 0.417. The minimum atomic E-state index is -3.62. The number of primary amides is 1. The number of hydrogen-bond donors (Lipinski definition) is 2. The van der Waals surface area contributed by atoms with Crippen LogP contribution in [0.25, 0.3) is 0 Å². The average Bonchev–Trinajstić information content (AvgIpc) is 2.39. The van der Waals surface area contributed by atoms with Gasteiger partial charge in [-0.25, -0.2) is 8.42 Å². The Bertz CT molecular complexity index is 592. The second-order valence-corrected chi connectivity index (χ2v) is 6.45. The monoisotopic (exact) mass is 284 g/mol. The van der Waals surface area contributed by atoms with Crippen LogP contribution in [-0.2, 0) is 10.0 Å². The van der Waals surface area contributed by atoms with Crippen LogP contribution < -0.4 is 5.73 Å². The van der Waals surface area contributed by atoms with Crippen LogP contribution in [0.3, 0.4) is 0 Å². The predicted molar refractivity (Wildman–Crippen MR) is 69.2 cm³/mol. The van der Waals surface area contributed by atoms with Crippen molar-refractivity contribution in [2.75, 3.05) is 13.1 Å². The third kappa shape index (κ3) is 2.71. The van der Waals surface area contributed by atoms with Crippen LogP contribution in [0.5, 0.6) is 5.75 Å². The van der Waals surface area contributed by atoms with Gasteiger partial charge < -0.3 is 10.8 Å². The van der Waals surface area contributed by atoms with Crippen molar-refractivity contribution < 1.29 is 18.3 Å². The van der Waals surface area contributed by atoms with Crippen molar-refractivity contribution in [2.45, 2.75) is 24.2 Å². The molecule has 1 aromatic carbocycles. The highest BCUT2D eigenvalue weighted by atomic mass is 32.2. The van der Waals surface area contributed by atoms with E-state index in [1.54, 1.807) is 0 Å². The van der Waals surface area contributed by atoms with Gasteiger partial charge in [-0.3, -0.25) is 4.79 Å². The van der Waals surface area contributed by atoms with Crippen LogP contribution in [-0.4, -0.2) is 36.8 Å². The molecule has 6 nitrogen and oxygen atoms in total. The van der Waals surface area contributed by atoms with Gasteiger partial charge in [0.05, 0.1) is 10.5 Å². The van der Waals surface area contributed by atoms with Crippen molar-refractivity contribution in [3.05, 3.63) is 23.8 Å². The number of piperidine rings is 1. The number of amides is 1. The van der Waals surface area contributed by atoms with E-state index in [9.17, 15) is 18.3 Å². The maximum atomic E-state index is 12.4. The molecular formula is C12H16N2O4S. The summed E-state index contributed by atoms with van der Waals surface area (Å²) in [5.74, 6) is -1.17. The maximum absolute atomic E-state index is 12.4. The second kappa shape index (κ2) is 5.18. The van der Waals surface area contributed by atoms with Gasteiger partial charge >= 0.3 is 0 Å². The normalized spacial score (nSPS) is 17.3. The van der Waals surface area contributed by atoms with E-state index in [-0.39, 0.29) is 16.2 Å². The van der Waals surface area contributed by atoms with Crippen LogP contribution in [0.2, 0.25) is 0 Å². The SMILES string of the molecule is NC(=O)c1cc(S(=O)(=O)N2CCCCC2)ccc1O. The van der Waals surface area contributed by atoms with Crippen molar-refractivity contribution in [1.29, 1.82) is 0 Å². The minimum absolute atomic E-state index is 0.0130. The van der Waals surface area contributed by atoms with Gasteiger partial charge in [0, 0.05) is 13.1 Å². The fourth-order valence-corrected chi connectivity index (χ4v) is 3.67. The molecule has 1 fully saturated rings. The predicted octanol–water partition coefficient (Wildman–Crippen LogP) is 0.666. The zero-order valence-corrected chi connectivity index (χ0v) is 11.2. The van der Waals surface area contributed by atoms with Crippen LogP contribution >= 0.6 is 0 Å². The van der Waals surface area contributed by atoms with Crippen molar-refractivity contribution in [1.82, 2.24) is 4.31 Å². The number of carbonyl (C=O) groups excluding carboxylic acids is 1. The first-order chi connectivity index (χ1) is 8.93. The molecular weight excluding hydrogens is 268 g/mol. The summed E-state index contributed by atoms with van der Waals surface area (Å²) in [6, 6.07) is 3.59. The molecule has 7 heteroatoms. The largest absolute Gasteiger partial charge is 0.507 e. The number of aromatic hydroxyl groups is 1. The van der Waals surface area contributed by atoms with Gasteiger partial charge in [0.2, 0.25) is 10.0 Å². The second-order valence-electron chi connectivity index (χ2n) is 4.51. The lowest BCUT2D eigenvalue weighted by Crippen LogP contribution is -2.35. The van der Waals surface area contributed by atoms with E-state index < -0.39 is 15.9 Å². The van der Waals surface area contributed by atoms with Crippen molar-refractivity contribution in [2.24, 2.45) is 5.73 Å². The lowest BCUT2D eigenvalue weighted by atomic mass is 10.2. The zero-order valence-electron chi connectivity index (χ0n) is 10.4. The number of phenols is 1. The zero-order chi connectivity index (χ0) is 14.0. The Balaban J connectivity index is 2.40. The molecule has 3 N–H and O–H groups in total. The number of hydrogen-bond acceptors (Lipinski definition) is 4. The molecule has 0 atom stereocenters. The third-order valence-electron chi connectivity index (χ3n) is 3.19. The summed E-state index contributed by atoms with van der Waals surface area (Å²) in [5, 5.41) is 9.47. The fourth-order valence-electron chi connectivity index (χ4n) is 2.13. The van der Waals surface area contributed by atoms with E-state index >= 15 is 0 Å². The first kappa shape index (κ1) is 13.8. The minimum Gasteiger partial charge on any atom is -0.507 e. The molecule has 104 valence electrons.